The van der Waals surface area contributed by atoms with E-state index in [0.717, 1.165) is 12.1 Å². The molecule has 2 amide bonds. The second kappa shape index (κ2) is 10.6. The number of benzene rings is 3. The summed E-state index contributed by atoms with van der Waals surface area (Å²) in [6.45, 7) is 2.14. The summed E-state index contributed by atoms with van der Waals surface area (Å²) in [5, 5.41) is 5.13. The van der Waals surface area contributed by atoms with E-state index >= 15 is 0 Å². The van der Waals surface area contributed by atoms with Crippen molar-refractivity contribution in [2.75, 3.05) is 23.2 Å². The van der Waals surface area contributed by atoms with Gasteiger partial charge in [-0.3, -0.25) is 14.3 Å². The van der Waals surface area contributed by atoms with Gasteiger partial charge in [-0.2, -0.15) is 0 Å². The smallest absolute Gasteiger partial charge is 0.261 e. The van der Waals surface area contributed by atoms with Gasteiger partial charge in [-0.15, -0.1) is 0 Å². The first-order valence-corrected chi connectivity index (χ1v) is 11.4. The first kappa shape index (κ1) is 23.7. The number of halogens is 1. The third kappa shape index (κ3) is 6.78. The van der Waals surface area contributed by atoms with E-state index in [4.69, 9.17) is 4.74 Å². The van der Waals surface area contributed by atoms with Crippen LogP contribution in [0, 0.1) is 5.82 Å². The van der Waals surface area contributed by atoms with Crippen LogP contribution in [0.4, 0.5) is 15.8 Å². The van der Waals surface area contributed by atoms with E-state index in [0.29, 0.717) is 18.0 Å². The fourth-order valence-electron chi connectivity index (χ4n) is 2.79. The summed E-state index contributed by atoms with van der Waals surface area (Å²) in [5.74, 6) is -0.758. The van der Waals surface area contributed by atoms with Gasteiger partial charge in [0.2, 0.25) is 5.91 Å². The average molecular weight is 472 g/mol. The van der Waals surface area contributed by atoms with Crippen LogP contribution in [0.15, 0.2) is 77.7 Å². The molecule has 0 aliphatic carbocycles. The average Bonchev–Trinajstić information content (AvgIpc) is 2.80. The molecule has 3 rings (SSSR count). The minimum absolute atomic E-state index is 0.0726. The minimum Gasteiger partial charge on any atom is -0.494 e. The summed E-state index contributed by atoms with van der Waals surface area (Å²) in [4.78, 5) is 24.3. The molecule has 8 nitrogen and oxygen atoms in total. The molecule has 0 unspecified atom stereocenters. The van der Waals surface area contributed by atoms with E-state index in [1.165, 1.54) is 36.4 Å². The normalized spacial score (nSPS) is 10.8. The number of hydrogen-bond donors (Lipinski definition) is 3. The summed E-state index contributed by atoms with van der Waals surface area (Å²) >= 11 is 0. The molecular weight excluding hydrogens is 449 g/mol. The van der Waals surface area contributed by atoms with Gasteiger partial charge in [0, 0.05) is 16.9 Å². The summed E-state index contributed by atoms with van der Waals surface area (Å²) < 4.78 is 45.5. The van der Waals surface area contributed by atoms with Gasteiger partial charge in [-0.1, -0.05) is 0 Å². The van der Waals surface area contributed by atoms with Crippen molar-refractivity contribution in [2.24, 2.45) is 0 Å². The predicted molar refractivity (Wildman–Crippen MR) is 122 cm³/mol. The lowest BCUT2D eigenvalue weighted by Crippen LogP contribution is -2.32. The number of carbonyl (C=O) groups is 2. The Bertz CT molecular complexity index is 1210. The van der Waals surface area contributed by atoms with Gasteiger partial charge in [-0.05, 0) is 79.7 Å². The van der Waals surface area contributed by atoms with Crippen molar-refractivity contribution in [3.05, 3.63) is 84.2 Å². The van der Waals surface area contributed by atoms with Gasteiger partial charge < -0.3 is 15.4 Å². The number of carbonyl (C=O) groups excluding carboxylic acids is 2. The number of nitrogens with one attached hydrogen (secondary N) is 3. The van der Waals surface area contributed by atoms with Crippen LogP contribution in [-0.4, -0.2) is 33.4 Å². The van der Waals surface area contributed by atoms with Gasteiger partial charge >= 0.3 is 0 Å². The molecule has 3 N–H and O–H groups in total. The molecule has 0 saturated heterocycles. The molecule has 0 bridgehead atoms. The van der Waals surface area contributed by atoms with Crippen LogP contribution in [0.2, 0.25) is 0 Å². The molecule has 0 radical (unpaired) electrons. The maximum absolute atomic E-state index is 13.0. The lowest BCUT2D eigenvalue weighted by Gasteiger charge is -2.10. The maximum atomic E-state index is 13.0. The second-order valence-electron chi connectivity index (χ2n) is 6.83. The Kier molecular flexibility index (Phi) is 7.62. The molecule has 0 aromatic heterocycles. The first-order chi connectivity index (χ1) is 15.8. The van der Waals surface area contributed by atoms with Gasteiger partial charge in [0.1, 0.15) is 11.6 Å². The van der Waals surface area contributed by atoms with Crippen LogP contribution in [0.1, 0.15) is 17.3 Å². The SMILES string of the molecule is CCOc1ccc(NC(=O)CNC(=O)c2ccc(S(=O)(=O)Nc3ccc(F)cc3)cc2)cc1. The molecule has 0 saturated carbocycles. The highest BCUT2D eigenvalue weighted by Crippen LogP contribution is 2.17. The molecular formula is C23H22FN3O5S. The highest BCUT2D eigenvalue weighted by molar-refractivity contribution is 7.92. The lowest BCUT2D eigenvalue weighted by atomic mass is 10.2. The predicted octanol–water partition coefficient (Wildman–Crippen LogP) is 3.39. The highest BCUT2D eigenvalue weighted by Gasteiger charge is 2.16. The van der Waals surface area contributed by atoms with Crippen LogP contribution >= 0.6 is 0 Å². The number of amides is 2. The van der Waals surface area contributed by atoms with E-state index < -0.39 is 27.7 Å². The summed E-state index contributed by atoms with van der Waals surface area (Å²) in [6, 6.07) is 16.9. The third-order valence-corrected chi connectivity index (χ3v) is 5.78. The van der Waals surface area contributed by atoms with Gasteiger partial charge in [-0.25, -0.2) is 12.8 Å². The van der Waals surface area contributed by atoms with Crippen molar-refractivity contribution < 1.29 is 27.1 Å². The summed E-state index contributed by atoms with van der Waals surface area (Å²) in [7, 11) is -3.91. The van der Waals surface area contributed by atoms with Gasteiger partial charge in [0.05, 0.1) is 18.0 Å². The van der Waals surface area contributed by atoms with E-state index in [1.807, 2.05) is 6.92 Å². The number of hydrogen-bond acceptors (Lipinski definition) is 5. The molecule has 33 heavy (non-hydrogen) atoms. The molecule has 0 aliphatic heterocycles. The number of rotatable bonds is 9. The Morgan fingerprint density at radius 1 is 0.879 bits per heavy atom. The van der Waals surface area contributed by atoms with Crippen molar-refractivity contribution in [1.29, 1.82) is 0 Å². The Hall–Kier alpha value is -3.92. The Balaban J connectivity index is 1.54. The minimum atomic E-state index is -3.91. The Morgan fingerprint density at radius 3 is 2.09 bits per heavy atom. The summed E-state index contributed by atoms with van der Waals surface area (Å²) in [6.07, 6.45) is 0. The topological polar surface area (TPSA) is 114 Å². The standard InChI is InChI=1S/C23H22FN3O5S/c1-2-32-20-11-9-18(10-12-20)26-22(28)15-25-23(29)16-3-13-21(14-4-16)33(30,31)27-19-7-5-17(24)6-8-19/h3-14,27H,2,15H2,1H3,(H,25,29)(H,26,28). The van der Waals surface area contributed by atoms with Crippen LogP contribution in [0.3, 0.4) is 0 Å². The Labute approximate surface area is 190 Å². The number of ether oxygens (including phenoxy) is 1. The lowest BCUT2D eigenvalue weighted by molar-refractivity contribution is -0.115. The monoisotopic (exact) mass is 471 g/mol. The quantitative estimate of drug-likeness (QED) is 0.443. The van der Waals surface area contributed by atoms with E-state index in [-0.39, 0.29) is 22.7 Å². The summed E-state index contributed by atoms with van der Waals surface area (Å²) in [5.41, 5.74) is 0.947. The molecule has 0 heterocycles. The van der Waals surface area contributed by atoms with E-state index in [9.17, 15) is 22.4 Å². The van der Waals surface area contributed by atoms with Crippen LogP contribution < -0.4 is 20.1 Å². The molecule has 0 spiro atoms. The highest BCUT2D eigenvalue weighted by atomic mass is 32.2. The van der Waals surface area contributed by atoms with Crippen LogP contribution in [-0.2, 0) is 14.8 Å². The zero-order valence-electron chi connectivity index (χ0n) is 17.7. The third-order valence-electron chi connectivity index (χ3n) is 4.38. The van der Waals surface area contributed by atoms with Crippen molar-refractivity contribution in [2.45, 2.75) is 11.8 Å². The molecule has 0 aliphatic rings. The van der Waals surface area contributed by atoms with Crippen molar-refractivity contribution in [3.63, 3.8) is 0 Å². The van der Waals surface area contributed by atoms with E-state index in [1.54, 1.807) is 24.3 Å². The molecule has 0 atom stereocenters. The van der Waals surface area contributed by atoms with Gasteiger partial charge in [0.25, 0.3) is 15.9 Å². The van der Waals surface area contributed by atoms with Crippen LogP contribution in [0.5, 0.6) is 5.75 Å². The molecule has 3 aromatic rings. The van der Waals surface area contributed by atoms with Crippen molar-refractivity contribution in [3.8, 4) is 5.75 Å². The largest absolute Gasteiger partial charge is 0.494 e. The zero-order valence-corrected chi connectivity index (χ0v) is 18.5. The fraction of sp³-hybridized carbons (Fsp3) is 0.130. The van der Waals surface area contributed by atoms with Gasteiger partial charge in [0.15, 0.2) is 0 Å². The molecule has 3 aromatic carbocycles. The second-order valence-corrected chi connectivity index (χ2v) is 8.51. The zero-order chi connectivity index (χ0) is 23.8. The van der Waals surface area contributed by atoms with Crippen LogP contribution in [0.25, 0.3) is 0 Å². The molecule has 10 heteroatoms. The first-order valence-electron chi connectivity index (χ1n) is 9.96. The van der Waals surface area contributed by atoms with E-state index in [2.05, 4.69) is 15.4 Å². The van der Waals surface area contributed by atoms with Crippen molar-refractivity contribution in [1.82, 2.24) is 5.32 Å². The van der Waals surface area contributed by atoms with Crippen molar-refractivity contribution >= 4 is 33.2 Å². The maximum Gasteiger partial charge on any atom is 0.261 e. The Morgan fingerprint density at radius 2 is 1.48 bits per heavy atom. The number of anilines is 2. The molecule has 0 fully saturated rings. The fourth-order valence-corrected chi connectivity index (χ4v) is 3.85. The number of sulfonamides is 1. The molecule has 172 valence electrons.